The van der Waals surface area contributed by atoms with Crippen LogP contribution in [-0.4, -0.2) is 71.3 Å². The van der Waals surface area contributed by atoms with Gasteiger partial charge in [-0.25, -0.2) is 14.8 Å². The van der Waals surface area contributed by atoms with E-state index in [0.29, 0.717) is 29.4 Å². The highest BCUT2D eigenvalue weighted by Gasteiger charge is 2.26. The number of benzene rings is 2. The molecule has 1 aliphatic carbocycles. The maximum absolute atomic E-state index is 12.1. The molecule has 1 amide bonds. The number of ether oxygens (including phenoxy) is 2. The molecule has 0 spiro atoms. The van der Waals surface area contributed by atoms with E-state index in [1.54, 1.807) is 13.0 Å². The number of nitrogens with zero attached hydrogens (tertiary/aromatic N) is 3. The highest BCUT2D eigenvalue weighted by molar-refractivity contribution is 9.10. The number of aliphatic carboxylic acids is 1. The van der Waals surface area contributed by atoms with Crippen LogP contribution in [-0.2, 0) is 14.3 Å². The lowest BCUT2D eigenvalue weighted by molar-refractivity contribution is -0.131. The minimum atomic E-state index is -0.912. The summed E-state index contributed by atoms with van der Waals surface area (Å²) >= 11 is 3.48. The summed E-state index contributed by atoms with van der Waals surface area (Å²) in [6.07, 6.45) is 18.6. The zero-order valence-electron chi connectivity index (χ0n) is 32.7. The van der Waals surface area contributed by atoms with Gasteiger partial charge in [-0.3, -0.25) is 9.69 Å². The molecule has 10 nitrogen and oxygen atoms in total. The minimum absolute atomic E-state index is 0.260. The number of halogens is 1. The first-order chi connectivity index (χ1) is 26.3. The van der Waals surface area contributed by atoms with E-state index in [-0.39, 0.29) is 11.3 Å². The molecular weight excluding hydrogens is 758 g/mol. The Morgan fingerprint density at radius 3 is 2.60 bits per heavy atom. The van der Waals surface area contributed by atoms with Gasteiger partial charge in [0.15, 0.2) is 0 Å². The van der Waals surface area contributed by atoms with Crippen LogP contribution in [0.25, 0.3) is 10.9 Å². The summed E-state index contributed by atoms with van der Waals surface area (Å²) in [7, 11) is 0. The Morgan fingerprint density at radius 1 is 1.11 bits per heavy atom. The van der Waals surface area contributed by atoms with Crippen LogP contribution in [0.2, 0.25) is 0 Å². The van der Waals surface area contributed by atoms with Crippen molar-refractivity contribution in [3.63, 3.8) is 0 Å². The number of carbonyl (C=O) groups excluding carboxylic acids is 1. The number of aromatic nitrogens is 2. The number of nitrogens with one attached hydrogen (secondary N) is 2. The molecule has 0 bridgehead atoms. The Balaban J connectivity index is 0.000000267. The van der Waals surface area contributed by atoms with E-state index in [9.17, 15) is 9.59 Å². The molecule has 2 aromatic carbocycles. The van der Waals surface area contributed by atoms with Gasteiger partial charge >= 0.3 is 5.97 Å². The monoisotopic (exact) mass is 811 g/mol. The van der Waals surface area contributed by atoms with Crippen LogP contribution in [0.5, 0.6) is 5.75 Å². The quantitative estimate of drug-likeness (QED) is 0.0829. The fraction of sp³-hybridized carbons (Fsp3) is 0.364. The second-order valence-corrected chi connectivity index (χ2v) is 15.2. The van der Waals surface area contributed by atoms with E-state index in [0.717, 1.165) is 66.0 Å². The molecule has 0 unspecified atom stereocenters. The van der Waals surface area contributed by atoms with Gasteiger partial charge in [-0.1, -0.05) is 83.9 Å². The molecule has 1 fully saturated rings. The lowest BCUT2D eigenvalue weighted by atomic mass is 9.72. The molecule has 0 radical (unpaired) electrons. The molecule has 2 aliphatic rings. The third-order valence-corrected chi connectivity index (χ3v) is 9.87. The lowest BCUT2D eigenvalue weighted by Crippen LogP contribution is -2.37. The zero-order valence-corrected chi connectivity index (χ0v) is 34.2. The number of fused-ring (bicyclic) bond motifs is 1. The van der Waals surface area contributed by atoms with Gasteiger partial charge in [-0.2, -0.15) is 0 Å². The molecule has 3 aromatic rings. The number of carbonyl (C=O) groups is 2. The van der Waals surface area contributed by atoms with Gasteiger partial charge in [-0.05, 0) is 93.4 Å². The van der Waals surface area contributed by atoms with Crippen molar-refractivity contribution < 1.29 is 24.2 Å². The predicted molar refractivity (Wildman–Crippen MR) is 227 cm³/mol. The van der Waals surface area contributed by atoms with Crippen LogP contribution in [0.3, 0.4) is 0 Å². The van der Waals surface area contributed by atoms with Crippen LogP contribution < -0.4 is 15.4 Å². The number of carboxylic acid groups (broad SMARTS) is 1. The molecule has 3 N–H and O–H groups in total. The molecule has 1 saturated heterocycles. The average Bonchev–Trinajstić information content (AvgIpc) is 3.13. The second-order valence-electron chi connectivity index (χ2n) is 14.3. The fourth-order valence-electron chi connectivity index (χ4n) is 6.46. The Bertz CT molecular complexity index is 1970. The van der Waals surface area contributed by atoms with Crippen molar-refractivity contribution in [1.29, 1.82) is 0 Å². The van der Waals surface area contributed by atoms with E-state index < -0.39 is 5.97 Å². The molecule has 292 valence electrons. The lowest BCUT2D eigenvalue weighted by Gasteiger charge is -2.32. The number of hydrogen-bond acceptors (Lipinski definition) is 8. The van der Waals surface area contributed by atoms with Crippen molar-refractivity contribution in [2.24, 2.45) is 5.41 Å². The predicted octanol–water partition coefficient (Wildman–Crippen LogP) is 9.96. The summed E-state index contributed by atoms with van der Waals surface area (Å²) in [4.78, 5) is 33.8. The average molecular weight is 813 g/mol. The van der Waals surface area contributed by atoms with E-state index in [2.05, 4.69) is 87.9 Å². The zero-order chi connectivity index (χ0) is 39.8. The topological polar surface area (TPSA) is 126 Å². The normalized spacial score (nSPS) is 16.5. The van der Waals surface area contributed by atoms with E-state index in [4.69, 9.17) is 14.6 Å². The smallest absolute Gasteiger partial charge is 0.328 e. The van der Waals surface area contributed by atoms with Gasteiger partial charge in [0.1, 0.15) is 17.9 Å². The van der Waals surface area contributed by atoms with Crippen molar-refractivity contribution in [1.82, 2.24) is 14.9 Å². The number of amides is 1. The largest absolute Gasteiger partial charge is 0.491 e. The minimum Gasteiger partial charge on any atom is -0.491 e. The third kappa shape index (κ3) is 14.1. The van der Waals surface area contributed by atoms with Crippen molar-refractivity contribution in [3.8, 4) is 5.75 Å². The molecule has 1 aromatic heterocycles. The van der Waals surface area contributed by atoms with Crippen LogP contribution >= 0.6 is 15.9 Å². The Morgan fingerprint density at radius 2 is 1.89 bits per heavy atom. The van der Waals surface area contributed by atoms with Crippen LogP contribution in [0.4, 0.5) is 17.2 Å². The summed E-state index contributed by atoms with van der Waals surface area (Å²) in [5.41, 5.74) is 7.23. The Hall–Kier alpha value is -4.84. The summed E-state index contributed by atoms with van der Waals surface area (Å²) in [5.74, 6) is -0.0339. The number of allylic oxidation sites excluding steroid dienone is 9. The molecule has 55 heavy (non-hydrogen) atoms. The van der Waals surface area contributed by atoms with Gasteiger partial charge in [0.05, 0.1) is 31.0 Å². The van der Waals surface area contributed by atoms with Gasteiger partial charge in [0, 0.05) is 47.3 Å². The molecular formula is C44H54BrN5O5. The van der Waals surface area contributed by atoms with Crippen LogP contribution in [0.1, 0.15) is 60.3 Å². The molecule has 11 heteroatoms. The van der Waals surface area contributed by atoms with Crippen molar-refractivity contribution in [3.05, 3.63) is 119 Å². The molecule has 5 rings (SSSR count). The van der Waals surface area contributed by atoms with Crippen LogP contribution in [0, 0.1) is 5.41 Å². The summed E-state index contributed by atoms with van der Waals surface area (Å²) in [5, 5.41) is 15.6. The first kappa shape index (κ1) is 42.9. The van der Waals surface area contributed by atoms with Gasteiger partial charge in [-0.15, -0.1) is 0 Å². The molecule has 0 saturated carbocycles. The van der Waals surface area contributed by atoms with Gasteiger partial charge in [0.25, 0.3) is 0 Å². The Kier molecular flexibility index (Phi) is 16.6. The van der Waals surface area contributed by atoms with Crippen molar-refractivity contribution in [2.75, 3.05) is 50.1 Å². The van der Waals surface area contributed by atoms with E-state index in [1.807, 2.05) is 48.6 Å². The number of rotatable bonds is 14. The summed E-state index contributed by atoms with van der Waals surface area (Å²) in [6, 6.07) is 11.5. The maximum Gasteiger partial charge on any atom is 0.328 e. The third-order valence-electron chi connectivity index (χ3n) is 9.37. The van der Waals surface area contributed by atoms with Crippen molar-refractivity contribution in [2.45, 2.75) is 60.3 Å². The summed E-state index contributed by atoms with van der Waals surface area (Å²) in [6.45, 7) is 19.2. The highest BCUT2D eigenvalue weighted by Crippen LogP contribution is 2.41. The second kappa shape index (κ2) is 21.3. The van der Waals surface area contributed by atoms with Crippen LogP contribution in [0.15, 0.2) is 119 Å². The highest BCUT2D eigenvalue weighted by atomic mass is 79.9. The van der Waals surface area contributed by atoms with E-state index in [1.165, 1.54) is 48.9 Å². The van der Waals surface area contributed by atoms with Gasteiger partial charge in [0.2, 0.25) is 5.91 Å². The molecule has 2 heterocycles. The van der Waals surface area contributed by atoms with E-state index >= 15 is 0 Å². The standard InChI is InChI=1S/C24H26BrN5O3.C20H28O2/c1-2-23(31)29-21-14-19-20(15-22(21)33-10-4-7-30-8-11-32-12-9-30)26-16-27-24(19)28-18-6-3-5-17(25)13-18;1-15(8-6-9-16(2)14-19(21)22)11-12-18-17(3)10-7-13-20(18,4)5/h2-3,5-6,13-16H,1,4,7-12H2,(H,29,31)(H,26,27,28);6,8-9,11-12,14H,7,10,13H2,1-5H3,(H,21,22)/b;9-6+,12-11+,15-8+,16-14+. The SMILES string of the molecule is C=CC(=O)Nc1cc2c(Nc3cccc(Br)c3)ncnc2cc1OCCCN1CCOCC1.CC1=C(/C=C/C(C)=C/C=C/C(C)=C/C(=O)O)C(C)(C)CCC1. The number of anilines is 3. The first-order valence-corrected chi connectivity index (χ1v) is 19.5. The molecule has 0 atom stereocenters. The Labute approximate surface area is 333 Å². The van der Waals surface area contributed by atoms with Crippen molar-refractivity contribution >= 4 is 55.9 Å². The first-order valence-electron chi connectivity index (χ1n) is 18.7. The summed E-state index contributed by atoms with van der Waals surface area (Å²) < 4.78 is 12.4. The molecule has 1 aliphatic heterocycles. The van der Waals surface area contributed by atoms with Gasteiger partial charge < -0.3 is 25.2 Å². The number of carboxylic acids is 1. The number of morpholine rings is 1. The maximum atomic E-state index is 12.1. The fourth-order valence-corrected chi connectivity index (χ4v) is 6.86. The number of hydrogen-bond donors (Lipinski definition) is 3.